The topological polar surface area (TPSA) is 208 Å². The first-order valence-electron chi connectivity index (χ1n) is 6.18. The molecule has 1 fully saturated rings. The van der Waals surface area contributed by atoms with Gasteiger partial charge in [0, 0.05) is 13.3 Å². The number of rotatable bonds is 5. The lowest BCUT2D eigenvalue weighted by Gasteiger charge is -2.44. The van der Waals surface area contributed by atoms with Crippen molar-refractivity contribution in [2.45, 2.75) is 49.6 Å². The molecule has 1 amide bonds. The lowest BCUT2D eigenvalue weighted by Crippen LogP contribution is -2.67. The number of nitrogens with one attached hydrogen (secondary N) is 1. The summed E-state index contributed by atoms with van der Waals surface area (Å²) in [4.78, 5) is 22.1. The van der Waals surface area contributed by atoms with Gasteiger partial charge < -0.3 is 46.2 Å². The second-order valence-electron chi connectivity index (χ2n) is 4.91. The van der Waals surface area contributed by atoms with Crippen LogP contribution in [0.25, 0.3) is 0 Å². The number of hydrogen-bond donors (Lipinski definition) is 7. The van der Waals surface area contributed by atoms with E-state index in [0.29, 0.717) is 0 Å². The van der Waals surface area contributed by atoms with E-state index < -0.39 is 61.1 Å². The Hall–Kier alpha value is -1.34. The monoisotopic (exact) mass is 327 g/mol. The highest BCUT2D eigenvalue weighted by atomic mass is 16.7. The first kappa shape index (κ1) is 20.7. The average molecular weight is 327 g/mol. The molecule has 130 valence electrons. The fourth-order valence-electron chi connectivity index (χ4n) is 2.14. The molecular formula is C11H21NO10. The van der Waals surface area contributed by atoms with Crippen molar-refractivity contribution in [2.24, 2.45) is 0 Å². The van der Waals surface area contributed by atoms with Crippen LogP contribution in [0.2, 0.25) is 0 Å². The predicted molar refractivity (Wildman–Crippen MR) is 68.4 cm³/mol. The van der Waals surface area contributed by atoms with Crippen LogP contribution in [-0.4, -0.2) is 90.8 Å². The summed E-state index contributed by atoms with van der Waals surface area (Å²) < 4.78 is 4.86. The Kier molecular flexibility index (Phi) is 7.31. The van der Waals surface area contributed by atoms with Crippen LogP contribution < -0.4 is 5.32 Å². The summed E-state index contributed by atoms with van der Waals surface area (Å²) >= 11 is 0. The van der Waals surface area contributed by atoms with Crippen LogP contribution in [0.15, 0.2) is 0 Å². The van der Waals surface area contributed by atoms with Crippen LogP contribution in [-0.2, 0) is 14.3 Å². The molecule has 0 unspecified atom stereocenters. The van der Waals surface area contributed by atoms with Crippen molar-refractivity contribution in [1.29, 1.82) is 0 Å². The zero-order valence-electron chi connectivity index (χ0n) is 11.7. The van der Waals surface area contributed by atoms with Gasteiger partial charge in [-0.2, -0.15) is 0 Å². The van der Waals surface area contributed by atoms with Gasteiger partial charge in [-0.15, -0.1) is 0 Å². The quantitative estimate of drug-likeness (QED) is 0.258. The Morgan fingerprint density at radius 3 is 2.36 bits per heavy atom. The first-order chi connectivity index (χ1) is 9.62. The second-order valence-corrected chi connectivity index (χ2v) is 4.91. The van der Waals surface area contributed by atoms with E-state index in [1.807, 2.05) is 0 Å². The minimum Gasteiger partial charge on any atom is -0.477 e. The van der Waals surface area contributed by atoms with E-state index in [2.05, 4.69) is 5.32 Å². The van der Waals surface area contributed by atoms with Crippen molar-refractivity contribution >= 4 is 11.9 Å². The van der Waals surface area contributed by atoms with E-state index in [-0.39, 0.29) is 5.48 Å². The van der Waals surface area contributed by atoms with E-state index in [4.69, 9.17) is 14.9 Å². The van der Waals surface area contributed by atoms with E-state index in [9.17, 15) is 30.0 Å². The van der Waals surface area contributed by atoms with Gasteiger partial charge in [0.1, 0.15) is 18.3 Å². The van der Waals surface area contributed by atoms with Crippen molar-refractivity contribution in [3.63, 3.8) is 0 Å². The van der Waals surface area contributed by atoms with Crippen molar-refractivity contribution in [2.75, 3.05) is 6.61 Å². The number of hydrogen-bond acceptors (Lipinski definition) is 8. The van der Waals surface area contributed by atoms with Gasteiger partial charge >= 0.3 is 5.97 Å². The predicted octanol–water partition coefficient (Wildman–Crippen LogP) is -4.70. The summed E-state index contributed by atoms with van der Waals surface area (Å²) in [5.41, 5.74) is 0. The van der Waals surface area contributed by atoms with Crippen LogP contribution in [0.4, 0.5) is 0 Å². The number of aliphatic hydroxyl groups is 5. The van der Waals surface area contributed by atoms with Crippen molar-refractivity contribution in [3.8, 4) is 0 Å². The highest BCUT2D eigenvalue weighted by molar-refractivity contribution is 5.76. The van der Waals surface area contributed by atoms with Gasteiger partial charge in [0.05, 0.1) is 18.8 Å². The first-order valence-corrected chi connectivity index (χ1v) is 6.18. The van der Waals surface area contributed by atoms with E-state index in [1.165, 1.54) is 0 Å². The zero-order chi connectivity index (χ0) is 16.4. The third-order valence-electron chi connectivity index (χ3n) is 3.21. The molecular weight excluding hydrogens is 306 g/mol. The molecule has 0 bridgehead atoms. The molecule has 22 heavy (non-hydrogen) atoms. The molecule has 11 nitrogen and oxygen atoms in total. The molecule has 1 aliphatic heterocycles. The van der Waals surface area contributed by atoms with Crippen molar-refractivity contribution in [1.82, 2.24) is 5.32 Å². The molecule has 0 aromatic carbocycles. The molecule has 0 aromatic heterocycles. The molecule has 9 N–H and O–H groups in total. The maximum absolute atomic E-state index is 11.1. The Morgan fingerprint density at radius 2 is 1.95 bits per heavy atom. The van der Waals surface area contributed by atoms with Gasteiger partial charge in [0.25, 0.3) is 5.79 Å². The lowest BCUT2D eigenvalue weighted by atomic mass is 9.88. The van der Waals surface area contributed by atoms with Gasteiger partial charge in [-0.05, 0) is 0 Å². The maximum Gasteiger partial charge on any atom is 0.364 e. The van der Waals surface area contributed by atoms with Gasteiger partial charge in [0.15, 0.2) is 0 Å². The van der Waals surface area contributed by atoms with Gasteiger partial charge in [-0.3, -0.25) is 4.79 Å². The van der Waals surface area contributed by atoms with Crippen LogP contribution >= 0.6 is 0 Å². The van der Waals surface area contributed by atoms with E-state index >= 15 is 0 Å². The Morgan fingerprint density at radius 1 is 1.41 bits per heavy atom. The lowest BCUT2D eigenvalue weighted by molar-refractivity contribution is -0.295. The van der Waals surface area contributed by atoms with Gasteiger partial charge in [-0.25, -0.2) is 4.79 Å². The molecule has 0 saturated carbocycles. The number of aliphatic carboxylic acids is 1. The molecule has 1 heterocycles. The van der Waals surface area contributed by atoms with Gasteiger partial charge in [-0.1, -0.05) is 0 Å². The highest BCUT2D eigenvalue weighted by Gasteiger charge is 2.53. The summed E-state index contributed by atoms with van der Waals surface area (Å²) in [6.07, 6.45) is -7.48. The molecule has 0 aromatic rings. The van der Waals surface area contributed by atoms with Crippen LogP contribution in [0.1, 0.15) is 13.3 Å². The SMILES string of the molecule is CC(=O)N[C@H]1[C@H]([C@H](O)[C@H](O)CO)O[C@](O)(C(=O)O)C[C@@H]1O.O. The van der Waals surface area contributed by atoms with Crippen molar-refractivity contribution in [3.05, 3.63) is 0 Å². The summed E-state index contributed by atoms with van der Waals surface area (Å²) in [5, 5.41) is 59.0. The molecule has 1 saturated heterocycles. The number of carbonyl (C=O) groups is 2. The summed E-state index contributed by atoms with van der Waals surface area (Å²) in [6, 6.07) is -1.27. The van der Waals surface area contributed by atoms with E-state index in [1.54, 1.807) is 0 Å². The number of aliphatic hydroxyl groups excluding tert-OH is 4. The Bertz CT molecular complexity index is 404. The summed E-state index contributed by atoms with van der Waals surface area (Å²) in [7, 11) is 0. The molecule has 0 radical (unpaired) electrons. The van der Waals surface area contributed by atoms with Crippen LogP contribution in [0.3, 0.4) is 0 Å². The number of amides is 1. The molecule has 1 rings (SSSR count). The fourth-order valence-corrected chi connectivity index (χ4v) is 2.14. The van der Waals surface area contributed by atoms with Gasteiger partial charge in [0.2, 0.25) is 5.91 Å². The molecule has 0 spiro atoms. The molecule has 6 atom stereocenters. The van der Waals surface area contributed by atoms with Crippen LogP contribution in [0.5, 0.6) is 0 Å². The highest BCUT2D eigenvalue weighted by Crippen LogP contribution is 2.30. The zero-order valence-corrected chi connectivity index (χ0v) is 11.7. The maximum atomic E-state index is 11.1. The standard InChI is InChI=1S/C11H19NO9.H2O/c1-4(14)12-7-5(15)2-11(20,10(18)19)21-9(7)8(17)6(16)3-13;/h5-9,13,15-17,20H,2-3H2,1H3,(H,12,14)(H,18,19);1H2/t5-,6+,7+,8+,9+,11-;/m0./s1. The largest absolute Gasteiger partial charge is 0.477 e. The summed E-state index contributed by atoms with van der Waals surface area (Å²) in [6.45, 7) is 0.256. The molecule has 0 aliphatic carbocycles. The number of carbonyl (C=O) groups excluding carboxylic acids is 1. The Labute approximate surface area is 125 Å². The normalized spacial score (nSPS) is 34.2. The smallest absolute Gasteiger partial charge is 0.364 e. The number of carboxylic acids is 1. The van der Waals surface area contributed by atoms with E-state index in [0.717, 1.165) is 6.92 Å². The fraction of sp³-hybridized carbons (Fsp3) is 0.818. The van der Waals surface area contributed by atoms with Crippen LogP contribution in [0, 0.1) is 0 Å². The Balaban J connectivity index is 0.00000441. The minimum absolute atomic E-state index is 0. The minimum atomic E-state index is -2.78. The third-order valence-corrected chi connectivity index (χ3v) is 3.21. The molecule has 11 heteroatoms. The average Bonchev–Trinajstić information content (AvgIpc) is 2.39. The third kappa shape index (κ3) is 4.33. The number of ether oxygens (including phenoxy) is 1. The second kappa shape index (κ2) is 7.78. The summed E-state index contributed by atoms with van der Waals surface area (Å²) in [5.74, 6) is -5.17. The number of carboxylic acid groups (broad SMARTS) is 1. The molecule has 1 aliphatic rings. The van der Waals surface area contributed by atoms with Crippen molar-refractivity contribution < 1.29 is 50.4 Å².